The molecule has 0 amide bonds. The van der Waals surface area contributed by atoms with Crippen LogP contribution in [0, 0.1) is 5.92 Å². The first kappa shape index (κ1) is 12.8. The van der Waals surface area contributed by atoms with Crippen LogP contribution in [0.1, 0.15) is 63.6 Å². The van der Waals surface area contributed by atoms with Crippen LogP contribution in [0.25, 0.3) is 0 Å². The Bertz CT molecular complexity index is 307. The lowest BCUT2D eigenvalue weighted by molar-refractivity contribution is 0.517. The zero-order valence-corrected chi connectivity index (χ0v) is 11.7. The highest BCUT2D eigenvalue weighted by atomic mass is 32.1. The SMILES string of the molecule is CCC(C)(C)c1ccc(C(C)C(C)C)s1. The molecule has 0 aliphatic rings. The first-order valence-electron chi connectivity index (χ1n) is 5.98. The van der Waals surface area contributed by atoms with Crippen LogP contribution in [-0.4, -0.2) is 0 Å². The van der Waals surface area contributed by atoms with E-state index < -0.39 is 0 Å². The Hall–Kier alpha value is -0.300. The Labute approximate surface area is 98.7 Å². The number of rotatable bonds is 4. The highest BCUT2D eigenvalue weighted by molar-refractivity contribution is 7.12. The summed E-state index contributed by atoms with van der Waals surface area (Å²) in [6.45, 7) is 13.9. The zero-order valence-electron chi connectivity index (χ0n) is 10.9. The second-order valence-corrected chi connectivity index (χ2v) is 6.59. The monoisotopic (exact) mass is 224 g/mol. The van der Waals surface area contributed by atoms with Gasteiger partial charge < -0.3 is 0 Å². The van der Waals surface area contributed by atoms with E-state index in [1.807, 2.05) is 11.3 Å². The van der Waals surface area contributed by atoms with Crippen LogP contribution in [-0.2, 0) is 5.41 Å². The molecule has 15 heavy (non-hydrogen) atoms. The van der Waals surface area contributed by atoms with Crippen LogP contribution in [0.4, 0.5) is 0 Å². The van der Waals surface area contributed by atoms with Gasteiger partial charge in [-0.05, 0) is 35.8 Å². The highest BCUT2D eigenvalue weighted by Crippen LogP contribution is 2.37. The van der Waals surface area contributed by atoms with Crippen LogP contribution >= 0.6 is 11.3 Å². The third kappa shape index (κ3) is 2.84. The summed E-state index contributed by atoms with van der Waals surface area (Å²) in [5.74, 6) is 1.43. The van der Waals surface area contributed by atoms with Gasteiger partial charge in [-0.15, -0.1) is 11.3 Å². The molecule has 1 heterocycles. The number of hydrogen-bond donors (Lipinski definition) is 0. The summed E-state index contributed by atoms with van der Waals surface area (Å²) < 4.78 is 0. The van der Waals surface area contributed by atoms with Crippen molar-refractivity contribution in [1.82, 2.24) is 0 Å². The van der Waals surface area contributed by atoms with Gasteiger partial charge in [0.1, 0.15) is 0 Å². The van der Waals surface area contributed by atoms with E-state index in [-0.39, 0.29) is 0 Å². The van der Waals surface area contributed by atoms with Crippen LogP contribution in [0.2, 0.25) is 0 Å². The van der Waals surface area contributed by atoms with Gasteiger partial charge in [-0.3, -0.25) is 0 Å². The standard InChI is InChI=1S/C14H24S/c1-7-14(5,6)13-9-8-12(15-13)11(4)10(2)3/h8-11H,7H2,1-6H3. The predicted molar refractivity (Wildman–Crippen MR) is 70.9 cm³/mol. The third-order valence-electron chi connectivity index (χ3n) is 3.63. The Morgan fingerprint density at radius 3 is 2.27 bits per heavy atom. The van der Waals surface area contributed by atoms with Gasteiger partial charge in [0.05, 0.1) is 0 Å². The van der Waals surface area contributed by atoms with E-state index in [0.717, 1.165) is 5.92 Å². The molecule has 1 atom stereocenters. The van der Waals surface area contributed by atoms with Crippen molar-refractivity contribution in [2.45, 2.75) is 59.3 Å². The lowest BCUT2D eigenvalue weighted by Gasteiger charge is -2.21. The van der Waals surface area contributed by atoms with Crippen molar-refractivity contribution in [2.24, 2.45) is 5.92 Å². The quantitative estimate of drug-likeness (QED) is 0.660. The van der Waals surface area contributed by atoms with Crippen molar-refractivity contribution < 1.29 is 0 Å². The molecule has 1 rings (SSSR count). The average Bonchev–Trinajstić information content (AvgIpc) is 2.65. The van der Waals surface area contributed by atoms with E-state index in [9.17, 15) is 0 Å². The molecule has 0 aromatic carbocycles. The minimum Gasteiger partial charge on any atom is -0.145 e. The molecule has 0 bridgehead atoms. The molecule has 1 aromatic rings. The summed E-state index contributed by atoms with van der Waals surface area (Å²) in [5, 5.41) is 0. The highest BCUT2D eigenvalue weighted by Gasteiger charge is 2.21. The van der Waals surface area contributed by atoms with Gasteiger partial charge in [-0.1, -0.05) is 41.5 Å². The average molecular weight is 224 g/mol. The van der Waals surface area contributed by atoms with E-state index in [1.54, 1.807) is 4.88 Å². The van der Waals surface area contributed by atoms with Gasteiger partial charge in [0, 0.05) is 9.75 Å². The van der Waals surface area contributed by atoms with Gasteiger partial charge in [0.2, 0.25) is 0 Å². The Morgan fingerprint density at radius 2 is 1.80 bits per heavy atom. The van der Waals surface area contributed by atoms with Crippen molar-refractivity contribution in [3.63, 3.8) is 0 Å². The molecule has 86 valence electrons. The van der Waals surface area contributed by atoms with Crippen LogP contribution in [0.3, 0.4) is 0 Å². The summed E-state index contributed by atoms with van der Waals surface area (Å²) in [5.41, 5.74) is 0.347. The third-order valence-corrected chi connectivity index (χ3v) is 5.28. The Kier molecular flexibility index (Phi) is 3.99. The molecule has 1 aromatic heterocycles. The molecule has 0 aliphatic carbocycles. The first-order chi connectivity index (χ1) is 6.88. The minimum atomic E-state index is 0.347. The molecule has 0 saturated carbocycles. The van der Waals surface area contributed by atoms with E-state index >= 15 is 0 Å². The molecule has 0 spiro atoms. The molecular formula is C14H24S. The van der Waals surface area contributed by atoms with Crippen LogP contribution < -0.4 is 0 Å². The summed E-state index contributed by atoms with van der Waals surface area (Å²) in [7, 11) is 0. The van der Waals surface area contributed by atoms with Crippen molar-refractivity contribution in [2.75, 3.05) is 0 Å². The maximum absolute atomic E-state index is 2.34. The second kappa shape index (κ2) is 4.69. The van der Waals surface area contributed by atoms with E-state index in [4.69, 9.17) is 0 Å². The molecule has 0 N–H and O–H groups in total. The van der Waals surface area contributed by atoms with Crippen molar-refractivity contribution in [1.29, 1.82) is 0 Å². The zero-order chi connectivity index (χ0) is 11.6. The predicted octanol–water partition coefficient (Wildman–Crippen LogP) is 5.20. The smallest absolute Gasteiger partial charge is 0.0104 e. The largest absolute Gasteiger partial charge is 0.145 e. The molecule has 0 nitrogen and oxygen atoms in total. The lowest BCUT2D eigenvalue weighted by Crippen LogP contribution is -2.12. The topological polar surface area (TPSA) is 0 Å². The number of hydrogen-bond acceptors (Lipinski definition) is 1. The Morgan fingerprint density at radius 1 is 1.20 bits per heavy atom. The Balaban J connectivity index is 2.90. The second-order valence-electron chi connectivity index (χ2n) is 5.47. The summed E-state index contributed by atoms with van der Waals surface area (Å²) in [6.07, 6.45) is 1.21. The van der Waals surface area contributed by atoms with Crippen molar-refractivity contribution >= 4 is 11.3 Å². The summed E-state index contributed by atoms with van der Waals surface area (Å²) >= 11 is 2.00. The molecule has 0 radical (unpaired) electrons. The summed E-state index contributed by atoms with van der Waals surface area (Å²) in [6, 6.07) is 4.64. The van der Waals surface area contributed by atoms with Gasteiger partial charge in [-0.2, -0.15) is 0 Å². The fraction of sp³-hybridized carbons (Fsp3) is 0.714. The van der Waals surface area contributed by atoms with E-state index in [1.165, 1.54) is 11.3 Å². The van der Waals surface area contributed by atoms with Gasteiger partial charge in [0.25, 0.3) is 0 Å². The lowest BCUT2D eigenvalue weighted by atomic mass is 9.88. The van der Waals surface area contributed by atoms with Crippen molar-refractivity contribution in [3.8, 4) is 0 Å². The van der Waals surface area contributed by atoms with E-state index in [0.29, 0.717) is 11.3 Å². The molecular weight excluding hydrogens is 200 g/mol. The van der Waals surface area contributed by atoms with Crippen LogP contribution in [0.15, 0.2) is 12.1 Å². The molecule has 1 unspecified atom stereocenters. The number of thiophene rings is 1. The normalized spacial score (nSPS) is 14.6. The molecule has 1 heteroatoms. The fourth-order valence-corrected chi connectivity index (χ4v) is 2.87. The molecule has 0 fully saturated rings. The van der Waals surface area contributed by atoms with Gasteiger partial charge >= 0.3 is 0 Å². The minimum absolute atomic E-state index is 0.347. The molecule has 0 aliphatic heterocycles. The fourth-order valence-electron chi connectivity index (χ4n) is 1.46. The van der Waals surface area contributed by atoms with Gasteiger partial charge in [0.15, 0.2) is 0 Å². The maximum Gasteiger partial charge on any atom is 0.0104 e. The van der Waals surface area contributed by atoms with E-state index in [2.05, 4.69) is 53.7 Å². The van der Waals surface area contributed by atoms with Crippen molar-refractivity contribution in [3.05, 3.63) is 21.9 Å². The van der Waals surface area contributed by atoms with Gasteiger partial charge in [-0.25, -0.2) is 0 Å². The maximum atomic E-state index is 2.34. The first-order valence-corrected chi connectivity index (χ1v) is 6.80. The molecule has 0 saturated heterocycles. The van der Waals surface area contributed by atoms with Crippen LogP contribution in [0.5, 0.6) is 0 Å². The summed E-state index contributed by atoms with van der Waals surface area (Å²) in [4.78, 5) is 3.08.